The van der Waals surface area contributed by atoms with Crippen molar-refractivity contribution in [3.8, 4) is 16.8 Å². The third kappa shape index (κ3) is 6.66. The van der Waals surface area contributed by atoms with Crippen LogP contribution >= 0.6 is 11.6 Å². The fourth-order valence-corrected chi connectivity index (χ4v) is 6.87. The molecule has 3 heterocycles. The van der Waals surface area contributed by atoms with Gasteiger partial charge in [-0.25, -0.2) is 14.5 Å². The van der Waals surface area contributed by atoms with Crippen molar-refractivity contribution in [2.75, 3.05) is 6.61 Å². The summed E-state index contributed by atoms with van der Waals surface area (Å²) < 4.78 is 49.7. The third-order valence-corrected chi connectivity index (χ3v) is 9.84. The first kappa shape index (κ1) is 34.5. The quantitative estimate of drug-likeness (QED) is 0.166. The lowest BCUT2D eigenvalue weighted by molar-refractivity contribution is -0.164. The maximum Gasteiger partial charge on any atom is 0.411 e. The number of alkyl carbamates (subject to hydrolysis) is 1. The highest BCUT2D eigenvalue weighted by atomic mass is 35.5. The Kier molecular flexibility index (Phi) is 8.39. The number of amides is 2. The van der Waals surface area contributed by atoms with E-state index in [9.17, 15) is 22.8 Å². The lowest BCUT2D eigenvalue weighted by Gasteiger charge is -2.35. The highest BCUT2D eigenvalue weighted by molar-refractivity contribution is 6.32. The Morgan fingerprint density at radius 2 is 1.84 bits per heavy atom. The number of nitrogens with zero attached hydrogens (tertiary/aromatic N) is 6. The SMILES string of the molecule is CC(C)(C)C[C@]1(c2ccc(-c3cnn(C4CC4)c3)cc2)NC(=N)N([C@H](COC(=O)NC2(C(F)(F)F)CC2)c2ccc(Cl)c(-n3cncn3)c2)C1=O. The molecule has 0 spiro atoms. The van der Waals surface area contributed by atoms with Gasteiger partial charge in [-0.2, -0.15) is 23.4 Å². The molecule has 1 aliphatic heterocycles. The van der Waals surface area contributed by atoms with Crippen molar-refractivity contribution >= 4 is 29.6 Å². The van der Waals surface area contributed by atoms with Crippen LogP contribution in [-0.4, -0.2) is 65.7 Å². The molecule has 0 radical (unpaired) electrons. The molecule has 3 N–H and O–H groups in total. The van der Waals surface area contributed by atoms with E-state index in [1.807, 2.05) is 67.4 Å². The maximum absolute atomic E-state index is 14.9. The molecule has 2 atom stereocenters. The fraction of sp³-hybridized carbons (Fsp3) is 0.429. The number of carbonyl (C=O) groups excluding carboxylic acids is 2. The second-order valence-corrected chi connectivity index (χ2v) is 15.1. The number of rotatable bonds is 10. The number of ether oxygens (including phenoxy) is 1. The molecule has 12 nitrogen and oxygen atoms in total. The van der Waals surface area contributed by atoms with Gasteiger partial charge in [0.2, 0.25) is 0 Å². The summed E-state index contributed by atoms with van der Waals surface area (Å²) >= 11 is 6.50. The van der Waals surface area contributed by atoms with Gasteiger partial charge in [0, 0.05) is 11.8 Å². The molecule has 0 unspecified atom stereocenters. The van der Waals surface area contributed by atoms with E-state index in [4.69, 9.17) is 21.7 Å². The van der Waals surface area contributed by atoms with E-state index in [0.29, 0.717) is 27.9 Å². The molecule has 2 saturated carbocycles. The number of carbonyl (C=O) groups is 2. The molecule has 51 heavy (non-hydrogen) atoms. The van der Waals surface area contributed by atoms with Gasteiger partial charge >= 0.3 is 12.3 Å². The lowest BCUT2D eigenvalue weighted by atomic mass is 9.75. The van der Waals surface area contributed by atoms with Crippen LogP contribution in [0.2, 0.25) is 5.02 Å². The molecule has 2 aliphatic carbocycles. The van der Waals surface area contributed by atoms with Crippen molar-refractivity contribution in [3.63, 3.8) is 0 Å². The number of aromatic nitrogens is 5. The number of nitrogens with one attached hydrogen (secondary N) is 3. The molecule has 4 aromatic rings. The van der Waals surface area contributed by atoms with Crippen LogP contribution in [0, 0.1) is 10.8 Å². The predicted octanol–water partition coefficient (Wildman–Crippen LogP) is 6.68. The molecule has 268 valence electrons. The van der Waals surface area contributed by atoms with Crippen LogP contribution in [0.5, 0.6) is 0 Å². The van der Waals surface area contributed by atoms with E-state index in [1.54, 1.807) is 18.2 Å². The molecule has 0 bridgehead atoms. The van der Waals surface area contributed by atoms with E-state index in [-0.39, 0.29) is 25.2 Å². The van der Waals surface area contributed by atoms with E-state index >= 15 is 0 Å². The molecule has 2 amide bonds. The van der Waals surface area contributed by atoms with Gasteiger partial charge in [-0.05, 0) is 66.3 Å². The van der Waals surface area contributed by atoms with Crippen molar-refractivity contribution in [2.24, 2.45) is 5.41 Å². The zero-order valence-electron chi connectivity index (χ0n) is 28.2. The van der Waals surface area contributed by atoms with E-state index in [0.717, 1.165) is 24.0 Å². The molecule has 2 aromatic heterocycles. The topological polar surface area (TPSA) is 143 Å². The van der Waals surface area contributed by atoms with Gasteiger partial charge in [0.1, 0.15) is 30.3 Å². The standard InChI is InChI=1S/C35H37ClF3N9O3/c1-32(2,3)18-34(24-7-4-21(5-8-24)23-15-42-46(16-23)25-9-10-25)29(49)48(30(40)44-34)28(17-51-31(50)45-33(12-13-33)35(37,38)39)22-6-11-26(36)27(14-22)47-20-41-19-43-47/h4-8,11,14-16,19-20,25,28H,9-10,12-13,17-18H2,1-3H3,(H2,40,44)(H,45,50)/t28-,34-/m1/s1. The van der Waals surface area contributed by atoms with E-state index in [2.05, 4.69) is 20.5 Å². The molecule has 3 aliphatic rings. The van der Waals surface area contributed by atoms with Crippen LogP contribution in [0.1, 0.15) is 76.1 Å². The summed E-state index contributed by atoms with van der Waals surface area (Å²) in [6, 6.07) is 11.6. The van der Waals surface area contributed by atoms with Crippen LogP contribution in [0.15, 0.2) is 67.5 Å². The van der Waals surface area contributed by atoms with Crippen molar-refractivity contribution < 1.29 is 27.5 Å². The van der Waals surface area contributed by atoms with Crippen molar-refractivity contribution in [1.82, 2.24) is 40.1 Å². The van der Waals surface area contributed by atoms with Gasteiger partial charge in [-0.1, -0.05) is 62.7 Å². The van der Waals surface area contributed by atoms with Gasteiger partial charge in [-0.3, -0.25) is 19.8 Å². The third-order valence-electron chi connectivity index (χ3n) is 9.52. The molecule has 7 rings (SSSR count). The van der Waals surface area contributed by atoms with E-state index < -0.39 is 47.3 Å². The number of benzene rings is 2. The first-order chi connectivity index (χ1) is 24.1. The Morgan fingerprint density at radius 1 is 1.12 bits per heavy atom. The minimum absolute atomic E-state index is 0.260. The first-order valence-electron chi connectivity index (χ1n) is 16.6. The Hall–Kier alpha value is -4.92. The van der Waals surface area contributed by atoms with Crippen molar-refractivity contribution in [1.29, 1.82) is 5.41 Å². The normalized spacial score (nSPS) is 20.6. The van der Waals surface area contributed by atoms with Crippen molar-refractivity contribution in [3.05, 3.63) is 83.7 Å². The zero-order chi connectivity index (χ0) is 36.3. The van der Waals surface area contributed by atoms with E-state index in [1.165, 1.54) is 22.2 Å². The zero-order valence-corrected chi connectivity index (χ0v) is 28.9. The van der Waals surface area contributed by atoms with Gasteiger partial charge in [0.15, 0.2) is 5.96 Å². The molecule has 2 aromatic carbocycles. The molecule has 16 heteroatoms. The van der Waals surface area contributed by atoms with Crippen LogP contribution in [0.3, 0.4) is 0 Å². The van der Waals surface area contributed by atoms with Gasteiger partial charge in [0.05, 0.1) is 29.0 Å². The summed E-state index contributed by atoms with van der Waals surface area (Å²) in [6.45, 7) is 5.39. The lowest BCUT2D eigenvalue weighted by Crippen LogP contribution is -2.49. The first-order valence-corrected chi connectivity index (χ1v) is 17.0. The average Bonchev–Trinajstić information content (AvgIpc) is 3.93. The summed E-state index contributed by atoms with van der Waals surface area (Å²) in [5.74, 6) is -0.754. The molecular formula is C35H37ClF3N9O3. The number of alkyl halides is 3. The number of guanidine groups is 1. The van der Waals surface area contributed by atoms with Gasteiger partial charge in [0.25, 0.3) is 5.91 Å². The maximum atomic E-state index is 14.9. The predicted molar refractivity (Wildman–Crippen MR) is 181 cm³/mol. The summed E-state index contributed by atoms with van der Waals surface area (Å²) in [5.41, 5.74) is -0.896. The number of halogens is 4. The second-order valence-electron chi connectivity index (χ2n) is 14.7. The molecular weight excluding hydrogens is 687 g/mol. The summed E-state index contributed by atoms with van der Waals surface area (Å²) in [4.78, 5) is 32.9. The summed E-state index contributed by atoms with van der Waals surface area (Å²) in [5, 5.41) is 23.2. The largest absolute Gasteiger partial charge is 0.447 e. The van der Waals surface area contributed by atoms with Crippen LogP contribution < -0.4 is 10.6 Å². The van der Waals surface area contributed by atoms with Crippen LogP contribution in [-0.2, 0) is 15.1 Å². The van der Waals surface area contributed by atoms with Crippen LogP contribution in [0.25, 0.3) is 16.8 Å². The Balaban J connectivity index is 1.24. The monoisotopic (exact) mass is 723 g/mol. The minimum Gasteiger partial charge on any atom is -0.447 e. The second kappa shape index (κ2) is 12.4. The van der Waals surface area contributed by atoms with Crippen LogP contribution in [0.4, 0.5) is 18.0 Å². The fourth-order valence-electron chi connectivity index (χ4n) is 6.66. The Bertz CT molecular complexity index is 1970. The molecule has 3 fully saturated rings. The summed E-state index contributed by atoms with van der Waals surface area (Å²) in [6.07, 6.45) is 2.61. The Labute approximate surface area is 296 Å². The smallest absolute Gasteiger partial charge is 0.411 e. The Morgan fingerprint density at radius 3 is 2.45 bits per heavy atom. The minimum atomic E-state index is -4.65. The highest BCUT2D eigenvalue weighted by Crippen LogP contribution is 2.49. The number of hydrogen-bond donors (Lipinski definition) is 3. The van der Waals surface area contributed by atoms with Gasteiger partial charge in [-0.15, -0.1) is 0 Å². The highest BCUT2D eigenvalue weighted by Gasteiger charge is 2.64. The van der Waals surface area contributed by atoms with Gasteiger partial charge < -0.3 is 15.4 Å². The number of hydrogen-bond acceptors (Lipinski definition) is 7. The van der Waals surface area contributed by atoms with Crippen molar-refractivity contribution in [2.45, 2.75) is 82.2 Å². The molecule has 1 saturated heterocycles. The summed E-state index contributed by atoms with van der Waals surface area (Å²) in [7, 11) is 0. The average molecular weight is 724 g/mol.